The molecule has 0 unspecified atom stereocenters. The van der Waals surface area contributed by atoms with Crippen LogP contribution in [0, 0.1) is 5.82 Å². The van der Waals surface area contributed by atoms with Crippen molar-refractivity contribution in [2.75, 3.05) is 12.9 Å². The molecule has 2 aromatic carbocycles. The van der Waals surface area contributed by atoms with Crippen LogP contribution in [0.3, 0.4) is 0 Å². The SMILES string of the molecule is COC(=O)Cn1c(=NC(=O)CCCSCc2ccccc2)sc2cccc(F)c21. The van der Waals surface area contributed by atoms with Gasteiger partial charge in [0.05, 0.1) is 17.3 Å². The Morgan fingerprint density at radius 1 is 1.17 bits per heavy atom. The Hall–Kier alpha value is -2.45. The topological polar surface area (TPSA) is 60.7 Å². The van der Waals surface area contributed by atoms with Gasteiger partial charge in [0.2, 0.25) is 5.91 Å². The second-order valence-electron chi connectivity index (χ2n) is 6.28. The van der Waals surface area contributed by atoms with E-state index in [1.807, 2.05) is 18.2 Å². The maximum atomic E-state index is 14.3. The fourth-order valence-corrected chi connectivity index (χ4v) is 4.75. The van der Waals surface area contributed by atoms with Gasteiger partial charge in [0, 0.05) is 12.2 Å². The van der Waals surface area contributed by atoms with Gasteiger partial charge in [0.25, 0.3) is 0 Å². The summed E-state index contributed by atoms with van der Waals surface area (Å²) in [5, 5.41) is 0. The Kier molecular flexibility index (Phi) is 7.60. The highest BCUT2D eigenvalue weighted by molar-refractivity contribution is 7.98. The molecule has 1 amide bonds. The van der Waals surface area contributed by atoms with E-state index in [2.05, 4.69) is 17.1 Å². The first-order valence-corrected chi connectivity index (χ1v) is 11.1. The Morgan fingerprint density at radius 2 is 1.97 bits per heavy atom. The number of fused-ring (bicyclic) bond motifs is 1. The summed E-state index contributed by atoms with van der Waals surface area (Å²) >= 11 is 2.95. The first kappa shape index (κ1) is 21.3. The van der Waals surface area contributed by atoms with Gasteiger partial charge < -0.3 is 9.30 Å². The predicted octanol–water partition coefficient (Wildman–Crippen LogP) is 4.16. The number of para-hydroxylation sites is 1. The molecular weight excluding hydrogens is 411 g/mol. The molecule has 29 heavy (non-hydrogen) atoms. The fraction of sp³-hybridized carbons (Fsp3) is 0.286. The minimum atomic E-state index is -0.529. The lowest BCUT2D eigenvalue weighted by Gasteiger charge is -2.04. The molecule has 0 atom stereocenters. The maximum absolute atomic E-state index is 14.3. The number of hydrogen-bond donors (Lipinski definition) is 0. The van der Waals surface area contributed by atoms with Crippen molar-refractivity contribution in [1.29, 1.82) is 0 Å². The quantitative estimate of drug-likeness (QED) is 0.396. The average molecular weight is 433 g/mol. The Morgan fingerprint density at radius 3 is 2.72 bits per heavy atom. The number of methoxy groups -OCH3 is 1. The summed E-state index contributed by atoms with van der Waals surface area (Å²) in [6.07, 6.45) is 1.01. The van der Waals surface area contributed by atoms with Gasteiger partial charge in [-0.1, -0.05) is 47.7 Å². The van der Waals surface area contributed by atoms with Crippen molar-refractivity contribution in [2.45, 2.75) is 25.1 Å². The van der Waals surface area contributed by atoms with Crippen molar-refractivity contribution in [3.05, 3.63) is 64.7 Å². The van der Waals surface area contributed by atoms with Gasteiger partial charge in [-0.15, -0.1) is 0 Å². The van der Waals surface area contributed by atoms with Crippen LogP contribution < -0.4 is 4.80 Å². The number of carbonyl (C=O) groups is 2. The van der Waals surface area contributed by atoms with Crippen LogP contribution in [0.25, 0.3) is 10.2 Å². The monoisotopic (exact) mass is 432 g/mol. The molecule has 0 fully saturated rings. The van der Waals surface area contributed by atoms with E-state index in [1.54, 1.807) is 23.9 Å². The molecule has 8 heteroatoms. The molecule has 3 aromatic rings. The zero-order valence-electron chi connectivity index (χ0n) is 16.0. The number of halogens is 1. The minimum Gasteiger partial charge on any atom is -0.468 e. The molecular formula is C21H21FN2O3S2. The molecule has 1 aromatic heterocycles. The maximum Gasteiger partial charge on any atom is 0.325 e. The van der Waals surface area contributed by atoms with Crippen LogP contribution in [0.5, 0.6) is 0 Å². The number of esters is 1. The van der Waals surface area contributed by atoms with Gasteiger partial charge in [-0.05, 0) is 29.9 Å². The van der Waals surface area contributed by atoms with Crippen LogP contribution in [0.15, 0.2) is 53.5 Å². The summed E-state index contributed by atoms with van der Waals surface area (Å²) in [5.74, 6) is 0.476. The lowest BCUT2D eigenvalue weighted by atomic mass is 10.2. The van der Waals surface area contributed by atoms with Crippen LogP contribution in [0.2, 0.25) is 0 Å². The fourth-order valence-electron chi connectivity index (χ4n) is 2.76. The third-order valence-corrected chi connectivity index (χ3v) is 6.34. The molecule has 0 radical (unpaired) electrons. The average Bonchev–Trinajstić information content (AvgIpc) is 3.06. The number of carbonyl (C=O) groups excluding carboxylic acids is 2. The summed E-state index contributed by atoms with van der Waals surface area (Å²) in [6, 6.07) is 14.8. The second-order valence-corrected chi connectivity index (χ2v) is 8.40. The van der Waals surface area contributed by atoms with Crippen molar-refractivity contribution in [3.8, 4) is 0 Å². The molecule has 0 saturated heterocycles. The molecule has 0 bridgehead atoms. The van der Waals surface area contributed by atoms with Crippen molar-refractivity contribution >= 4 is 45.2 Å². The van der Waals surface area contributed by atoms with Crippen molar-refractivity contribution in [2.24, 2.45) is 4.99 Å². The van der Waals surface area contributed by atoms with Crippen LogP contribution in [-0.2, 0) is 26.6 Å². The van der Waals surface area contributed by atoms with E-state index in [1.165, 1.54) is 34.6 Å². The number of hydrogen-bond acceptors (Lipinski definition) is 5. The second kappa shape index (κ2) is 10.4. The summed E-state index contributed by atoms with van der Waals surface area (Å²) in [5.41, 5.74) is 1.51. The van der Waals surface area contributed by atoms with Gasteiger partial charge in [-0.3, -0.25) is 9.59 Å². The number of amides is 1. The number of nitrogens with zero attached hydrogens (tertiary/aromatic N) is 2. The van der Waals surface area contributed by atoms with E-state index in [4.69, 9.17) is 4.74 Å². The number of aromatic nitrogens is 1. The Labute approximate surface area is 176 Å². The molecule has 0 aliphatic rings. The van der Waals surface area contributed by atoms with Gasteiger partial charge in [0.1, 0.15) is 12.4 Å². The zero-order chi connectivity index (χ0) is 20.6. The standard InChI is InChI=1S/C21H21FN2O3S2/c1-27-19(26)13-24-20-16(22)9-5-10-17(20)29-21(24)23-18(25)11-6-12-28-14-15-7-3-2-4-8-15/h2-5,7-10H,6,11-14H2,1H3. The lowest BCUT2D eigenvalue weighted by Crippen LogP contribution is -2.22. The van der Waals surface area contributed by atoms with Crippen molar-refractivity contribution in [1.82, 2.24) is 4.57 Å². The molecule has 152 valence electrons. The first-order valence-electron chi connectivity index (χ1n) is 9.12. The zero-order valence-corrected chi connectivity index (χ0v) is 17.6. The van der Waals surface area contributed by atoms with E-state index < -0.39 is 11.8 Å². The van der Waals surface area contributed by atoms with Crippen LogP contribution in [-0.4, -0.2) is 29.3 Å². The summed E-state index contributed by atoms with van der Waals surface area (Å²) in [6.45, 7) is -0.198. The summed E-state index contributed by atoms with van der Waals surface area (Å²) < 4.78 is 21.0. The molecule has 0 aliphatic carbocycles. The Balaban J connectivity index is 1.66. The number of rotatable bonds is 8. The number of thiazole rings is 1. The first-order chi connectivity index (χ1) is 14.1. The van der Waals surface area contributed by atoms with E-state index in [0.717, 1.165) is 11.5 Å². The van der Waals surface area contributed by atoms with Gasteiger partial charge in [-0.25, -0.2) is 4.39 Å². The summed E-state index contributed by atoms with van der Waals surface area (Å²) in [7, 11) is 1.27. The van der Waals surface area contributed by atoms with E-state index in [9.17, 15) is 14.0 Å². The largest absolute Gasteiger partial charge is 0.468 e. The van der Waals surface area contributed by atoms with Gasteiger partial charge in [0.15, 0.2) is 4.80 Å². The predicted molar refractivity (Wildman–Crippen MR) is 114 cm³/mol. The smallest absolute Gasteiger partial charge is 0.325 e. The summed E-state index contributed by atoms with van der Waals surface area (Å²) in [4.78, 5) is 28.5. The molecule has 1 heterocycles. The number of thioether (sulfide) groups is 1. The molecule has 0 spiro atoms. The normalized spacial score (nSPS) is 11.7. The van der Waals surface area contributed by atoms with Crippen LogP contribution >= 0.6 is 23.1 Å². The van der Waals surface area contributed by atoms with Crippen molar-refractivity contribution < 1.29 is 18.7 Å². The highest BCUT2D eigenvalue weighted by Crippen LogP contribution is 2.20. The van der Waals surface area contributed by atoms with Gasteiger partial charge in [-0.2, -0.15) is 16.8 Å². The molecule has 5 nitrogen and oxygen atoms in total. The highest BCUT2D eigenvalue weighted by atomic mass is 32.2. The minimum absolute atomic E-state index is 0.198. The van der Waals surface area contributed by atoms with Gasteiger partial charge >= 0.3 is 5.97 Å². The van der Waals surface area contributed by atoms with E-state index in [0.29, 0.717) is 22.3 Å². The van der Waals surface area contributed by atoms with Crippen molar-refractivity contribution in [3.63, 3.8) is 0 Å². The lowest BCUT2D eigenvalue weighted by molar-refractivity contribution is -0.141. The van der Waals surface area contributed by atoms with Crippen LogP contribution in [0.4, 0.5) is 4.39 Å². The van der Waals surface area contributed by atoms with E-state index in [-0.39, 0.29) is 18.0 Å². The highest BCUT2D eigenvalue weighted by Gasteiger charge is 2.14. The molecule has 0 saturated carbocycles. The third-order valence-electron chi connectivity index (χ3n) is 4.18. The molecule has 0 N–H and O–H groups in total. The molecule has 0 aliphatic heterocycles. The van der Waals surface area contributed by atoms with E-state index >= 15 is 0 Å². The third kappa shape index (κ3) is 5.77. The van der Waals surface area contributed by atoms with Crippen LogP contribution in [0.1, 0.15) is 18.4 Å². The number of benzene rings is 2. The molecule has 3 rings (SSSR count). The number of ether oxygens (including phenoxy) is 1. The Bertz CT molecular complexity index is 1060.